The van der Waals surface area contributed by atoms with Crippen molar-refractivity contribution < 1.29 is 22.4 Å². The van der Waals surface area contributed by atoms with E-state index < -0.39 is 29.6 Å². The Labute approximate surface area is 184 Å². The van der Waals surface area contributed by atoms with Crippen LogP contribution >= 0.6 is 0 Å². The molecule has 1 aromatic carbocycles. The number of hydrogen-bond donors (Lipinski definition) is 1. The van der Waals surface area contributed by atoms with E-state index in [1.165, 1.54) is 30.4 Å². The van der Waals surface area contributed by atoms with E-state index in [4.69, 9.17) is 5.73 Å². The van der Waals surface area contributed by atoms with Gasteiger partial charge >= 0.3 is 6.18 Å². The van der Waals surface area contributed by atoms with E-state index in [0.29, 0.717) is 40.8 Å². The van der Waals surface area contributed by atoms with Gasteiger partial charge in [-0.3, -0.25) is 9.20 Å². The van der Waals surface area contributed by atoms with Crippen molar-refractivity contribution in [3.05, 3.63) is 64.6 Å². The molecule has 11 heteroatoms. The molecule has 0 unspecified atom stereocenters. The first-order chi connectivity index (χ1) is 15.6. The summed E-state index contributed by atoms with van der Waals surface area (Å²) in [6.45, 7) is 1.76. The number of carbonyl (C=O) groups excluding carboxylic acids is 1. The van der Waals surface area contributed by atoms with Gasteiger partial charge in [0.2, 0.25) is 0 Å². The van der Waals surface area contributed by atoms with Gasteiger partial charge in [-0.1, -0.05) is 6.07 Å². The first-order valence-electron chi connectivity index (χ1n) is 10.1. The summed E-state index contributed by atoms with van der Waals surface area (Å²) in [5.41, 5.74) is 7.59. The minimum absolute atomic E-state index is 0.183. The first kappa shape index (κ1) is 21.1. The van der Waals surface area contributed by atoms with Crippen LogP contribution in [0.5, 0.6) is 0 Å². The Kier molecular flexibility index (Phi) is 4.56. The number of rotatable bonds is 2. The molecule has 7 nitrogen and oxygen atoms in total. The molecule has 3 heterocycles. The number of pyridine rings is 1. The molecule has 1 aliphatic rings. The maximum absolute atomic E-state index is 14.9. The maximum atomic E-state index is 14.9. The van der Waals surface area contributed by atoms with Gasteiger partial charge in [-0.2, -0.15) is 13.2 Å². The number of aromatic nitrogens is 4. The molecule has 0 spiro atoms. The van der Waals surface area contributed by atoms with Crippen molar-refractivity contribution in [1.29, 1.82) is 0 Å². The van der Waals surface area contributed by atoms with Gasteiger partial charge in [0.05, 0.1) is 28.3 Å². The summed E-state index contributed by atoms with van der Waals surface area (Å²) >= 11 is 0. The van der Waals surface area contributed by atoms with Crippen LogP contribution in [-0.4, -0.2) is 37.2 Å². The maximum Gasteiger partial charge on any atom is 0.433 e. The summed E-state index contributed by atoms with van der Waals surface area (Å²) in [5, 5.41) is 0. The number of benzene rings is 1. The molecular formula is C22H18F4N6O. The largest absolute Gasteiger partial charge is 0.433 e. The van der Waals surface area contributed by atoms with Gasteiger partial charge in [0.15, 0.2) is 0 Å². The van der Waals surface area contributed by atoms with E-state index in [2.05, 4.69) is 15.0 Å². The van der Waals surface area contributed by atoms with Crippen LogP contribution < -0.4 is 5.73 Å². The number of nitrogens with two attached hydrogens (primary N) is 1. The zero-order valence-corrected chi connectivity index (χ0v) is 17.6. The Hall–Kier alpha value is -3.76. The van der Waals surface area contributed by atoms with Gasteiger partial charge in [0.25, 0.3) is 5.91 Å². The molecule has 0 saturated carbocycles. The fraction of sp³-hybridized carbons (Fsp3) is 0.273. The summed E-state index contributed by atoms with van der Waals surface area (Å²) in [5.74, 6) is -1.18. The number of hydrogen-bond acceptors (Lipinski definition) is 5. The fourth-order valence-corrected chi connectivity index (χ4v) is 4.45. The van der Waals surface area contributed by atoms with Crippen molar-refractivity contribution >= 4 is 28.3 Å². The fourth-order valence-electron chi connectivity index (χ4n) is 4.45. The highest BCUT2D eigenvalue weighted by atomic mass is 19.4. The molecule has 4 aromatic rings. The van der Waals surface area contributed by atoms with Crippen LogP contribution in [0.15, 0.2) is 30.6 Å². The van der Waals surface area contributed by atoms with Crippen molar-refractivity contribution in [2.24, 2.45) is 0 Å². The number of imidazole rings is 1. The summed E-state index contributed by atoms with van der Waals surface area (Å²) in [4.78, 5) is 26.8. The van der Waals surface area contributed by atoms with Crippen molar-refractivity contribution in [3.63, 3.8) is 0 Å². The summed E-state index contributed by atoms with van der Waals surface area (Å²) in [6, 6.07) is 4.26. The predicted octanol–water partition coefficient (Wildman–Crippen LogP) is 4.09. The molecule has 1 atom stereocenters. The van der Waals surface area contributed by atoms with Crippen molar-refractivity contribution in [2.45, 2.75) is 32.0 Å². The van der Waals surface area contributed by atoms with Crippen LogP contribution in [0, 0.1) is 12.7 Å². The third kappa shape index (κ3) is 3.26. The van der Waals surface area contributed by atoms with Gasteiger partial charge in [0.1, 0.15) is 29.2 Å². The van der Waals surface area contributed by atoms with Crippen LogP contribution in [0.3, 0.4) is 0 Å². The molecule has 0 saturated heterocycles. The van der Waals surface area contributed by atoms with Gasteiger partial charge in [-0.25, -0.2) is 19.3 Å². The van der Waals surface area contributed by atoms with E-state index in [-0.39, 0.29) is 16.9 Å². The van der Waals surface area contributed by atoms with Crippen LogP contribution in [0.25, 0.3) is 16.6 Å². The van der Waals surface area contributed by atoms with Gasteiger partial charge < -0.3 is 10.6 Å². The van der Waals surface area contributed by atoms with Gasteiger partial charge in [-0.15, -0.1) is 0 Å². The van der Waals surface area contributed by atoms with E-state index in [1.807, 2.05) is 0 Å². The Bertz CT molecular complexity index is 1440. The third-order valence-electron chi connectivity index (χ3n) is 6.09. The van der Waals surface area contributed by atoms with Crippen molar-refractivity contribution in [1.82, 2.24) is 24.3 Å². The van der Waals surface area contributed by atoms with Crippen LogP contribution in [0.4, 0.5) is 23.4 Å². The first-order valence-corrected chi connectivity index (χ1v) is 10.1. The molecule has 1 aliphatic carbocycles. The molecule has 33 heavy (non-hydrogen) atoms. The second-order valence-corrected chi connectivity index (χ2v) is 8.07. The lowest BCUT2D eigenvalue weighted by atomic mass is 10.1. The van der Waals surface area contributed by atoms with Crippen molar-refractivity contribution in [2.75, 3.05) is 12.8 Å². The zero-order valence-electron chi connectivity index (χ0n) is 17.6. The highest BCUT2D eigenvalue weighted by molar-refractivity contribution is 5.98. The summed E-state index contributed by atoms with van der Waals surface area (Å²) in [7, 11) is 1.50. The number of carbonyl (C=O) groups is 1. The number of nitrogens with zero attached hydrogens (tertiary/aromatic N) is 5. The van der Waals surface area contributed by atoms with Crippen LogP contribution in [0.2, 0.25) is 0 Å². The highest BCUT2D eigenvalue weighted by Gasteiger charge is 2.36. The third-order valence-corrected chi connectivity index (χ3v) is 6.09. The molecule has 1 amide bonds. The number of nitrogen functional groups attached to an aromatic ring is 1. The number of amides is 1. The Morgan fingerprint density at radius 2 is 2.00 bits per heavy atom. The molecule has 5 rings (SSSR count). The van der Waals surface area contributed by atoms with E-state index >= 15 is 0 Å². The monoisotopic (exact) mass is 458 g/mol. The summed E-state index contributed by atoms with van der Waals surface area (Å²) in [6.07, 6.45) is -2.33. The van der Waals surface area contributed by atoms with Gasteiger partial charge in [-0.05, 0) is 37.5 Å². The number of aryl methyl sites for hydroxylation is 2. The van der Waals surface area contributed by atoms with Crippen molar-refractivity contribution in [3.8, 4) is 0 Å². The Morgan fingerprint density at radius 1 is 1.24 bits per heavy atom. The topological polar surface area (TPSA) is 89.4 Å². The lowest BCUT2D eigenvalue weighted by Gasteiger charge is -2.26. The highest BCUT2D eigenvalue weighted by Crippen LogP contribution is 2.38. The summed E-state index contributed by atoms with van der Waals surface area (Å²) < 4.78 is 55.5. The Morgan fingerprint density at radius 3 is 2.73 bits per heavy atom. The number of halogens is 4. The van der Waals surface area contributed by atoms with E-state index in [0.717, 1.165) is 12.1 Å². The molecule has 170 valence electrons. The standard InChI is InChI=1S/C22H18F4N6O/c1-10-19-20(27)30-15-8-13(23)12(7-17(15)32(19)9-28-10)21(33)31(2)16-5-4-14-11(16)3-6-18(29-14)22(24,25)26/h3,6-9,16H,4-5H2,1-2H3,(H2,27,30)/t16-/m1/s1. The van der Waals surface area contributed by atoms with E-state index in [1.54, 1.807) is 11.3 Å². The lowest BCUT2D eigenvalue weighted by Crippen LogP contribution is -2.31. The van der Waals surface area contributed by atoms with Gasteiger partial charge in [0, 0.05) is 18.8 Å². The molecule has 0 aliphatic heterocycles. The average Bonchev–Trinajstić information content (AvgIpc) is 3.35. The smallest absolute Gasteiger partial charge is 0.382 e. The Balaban J connectivity index is 1.54. The number of fused-ring (bicyclic) bond motifs is 4. The SMILES string of the molecule is Cc1ncn2c1c(N)nc1cc(F)c(C(=O)N(C)[C@@H]3CCc4nc(C(F)(F)F)ccc43)cc12. The molecule has 0 fully saturated rings. The normalized spacial score (nSPS) is 15.9. The predicted molar refractivity (Wildman–Crippen MR) is 112 cm³/mol. The zero-order chi connectivity index (χ0) is 23.7. The molecular weight excluding hydrogens is 440 g/mol. The lowest BCUT2D eigenvalue weighted by molar-refractivity contribution is -0.141. The van der Waals surface area contributed by atoms with Crippen LogP contribution in [0.1, 0.15) is 45.5 Å². The second kappa shape index (κ2) is 7.12. The molecule has 0 bridgehead atoms. The average molecular weight is 458 g/mol. The quantitative estimate of drug-likeness (QED) is 0.457. The minimum atomic E-state index is -4.54. The van der Waals surface area contributed by atoms with Crippen LogP contribution in [-0.2, 0) is 12.6 Å². The minimum Gasteiger partial charge on any atom is -0.382 e. The van der Waals surface area contributed by atoms with E-state index in [9.17, 15) is 22.4 Å². The number of anilines is 1. The molecule has 0 radical (unpaired) electrons. The number of alkyl halides is 3. The second-order valence-electron chi connectivity index (χ2n) is 8.07. The molecule has 2 N–H and O–H groups in total. The molecule has 3 aromatic heterocycles.